The number of hydrogen-bond donors (Lipinski definition) is 0. The summed E-state index contributed by atoms with van der Waals surface area (Å²) >= 11 is 1.66. The Labute approximate surface area is 166 Å². The van der Waals surface area contributed by atoms with Gasteiger partial charge in [-0.1, -0.05) is 54.6 Å². The minimum atomic E-state index is -0.0680. The van der Waals surface area contributed by atoms with E-state index in [0.29, 0.717) is 0 Å². The largest absolute Gasteiger partial charge is 0.282 e. The van der Waals surface area contributed by atoms with Crippen molar-refractivity contribution in [1.82, 2.24) is 9.66 Å². The van der Waals surface area contributed by atoms with Crippen LogP contribution in [0.1, 0.15) is 28.8 Å². The molecule has 2 aromatic heterocycles. The zero-order chi connectivity index (χ0) is 18.9. The number of thiophene rings is 1. The second-order valence-electron chi connectivity index (χ2n) is 7.02. The Morgan fingerprint density at radius 2 is 1.71 bits per heavy atom. The fourth-order valence-corrected chi connectivity index (χ4v) is 4.96. The van der Waals surface area contributed by atoms with E-state index in [1.54, 1.807) is 17.6 Å². The van der Waals surface area contributed by atoms with Crippen molar-refractivity contribution in [2.24, 2.45) is 5.10 Å². The number of rotatable bonds is 3. The van der Waals surface area contributed by atoms with Gasteiger partial charge in [-0.3, -0.25) is 4.79 Å². The molecule has 0 amide bonds. The van der Waals surface area contributed by atoms with Crippen LogP contribution in [-0.4, -0.2) is 15.9 Å². The number of aryl methyl sites for hydroxylation is 2. The van der Waals surface area contributed by atoms with E-state index in [1.807, 2.05) is 30.3 Å². The van der Waals surface area contributed by atoms with Crippen LogP contribution in [-0.2, 0) is 12.8 Å². The lowest BCUT2D eigenvalue weighted by molar-refractivity contribution is 0.699. The van der Waals surface area contributed by atoms with Crippen LogP contribution < -0.4 is 5.56 Å². The smallest absolute Gasteiger partial charge is 0.267 e. The topological polar surface area (TPSA) is 47.2 Å². The van der Waals surface area contributed by atoms with Crippen LogP contribution in [0, 0.1) is 0 Å². The summed E-state index contributed by atoms with van der Waals surface area (Å²) in [7, 11) is 0. The summed E-state index contributed by atoms with van der Waals surface area (Å²) in [4.78, 5) is 19.6. The first kappa shape index (κ1) is 17.1. The van der Waals surface area contributed by atoms with E-state index in [1.165, 1.54) is 33.4 Å². The maximum Gasteiger partial charge on any atom is 0.282 e. The van der Waals surface area contributed by atoms with E-state index < -0.39 is 0 Å². The van der Waals surface area contributed by atoms with Gasteiger partial charge in [0.15, 0.2) is 0 Å². The van der Waals surface area contributed by atoms with Gasteiger partial charge in [0.05, 0.1) is 11.6 Å². The number of fused-ring (bicyclic) bond motifs is 3. The summed E-state index contributed by atoms with van der Waals surface area (Å²) in [6.45, 7) is 0. The second kappa shape index (κ2) is 7.17. The molecule has 138 valence electrons. The third kappa shape index (κ3) is 3.08. The number of hydrogen-bond acceptors (Lipinski definition) is 4. The normalized spacial score (nSPS) is 13.9. The first-order chi connectivity index (χ1) is 13.8. The molecule has 0 saturated carbocycles. The van der Waals surface area contributed by atoms with Gasteiger partial charge in [-0.25, -0.2) is 4.98 Å². The summed E-state index contributed by atoms with van der Waals surface area (Å²) in [6, 6.07) is 18.4. The number of benzene rings is 2. The van der Waals surface area contributed by atoms with Gasteiger partial charge in [-0.2, -0.15) is 9.78 Å². The van der Waals surface area contributed by atoms with Gasteiger partial charge in [0, 0.05) is 4.88 Å². The lowest BCUT2D eigenvalue weighted by atomic mass is 9.97. The molecule has 28 heavy (non-hydrogen) atoms. The van der Waals surface area contributed by atoms with Crippen molar-refractivity contribution in [3.63, 3.8) is 0 Å². The molecule has 2 heterocycles. The average Bonchev–Trinajstić information content (AvgIpc) is 3.14. The van der Waals surface area contributed by atoms with Gasteiger partial charge in [0.25, 0.3) is 5.56 Å². The Hall–Kier alpha value is -3.05. The molecule has 5 heteroatoms. The van der Waals surface area contributed by atoms with E-state index in [9.17, 15) is 4.79 Å². The Bertz CT molecular complexity index is 1220. The lowest BCUT2D eigenvalue weighted by Crippen LogP contribution is -2.18. The fraction of sp³-hybridized carbons (Fsp3) is 0.174. The Kier molecular flexibility index (Phi) is 4.37. The Balaban J connectivity index is 1.46. The first-order valence-corrected chi connectivity index (χ1v) is 10.3. The highest BCUT2D eigenvalue weighted by Gasteiger charge is 2.19. The molecule has 1 aliphatic rings. The molecule has 0 saturated heterocycles. The number of nitrogens with zero attached hydrogens (tertiary/aromatic N) is 3. The van der Waals surface area contributed by atoms with Crippen LogP contribution in [0.15, 0.2) is 70.8 Å². The predicted octanol–water partition coefficient (Wildman–Crippen LogP) is 4.89. The summed E-state index contributed by atoms with van der Waals surface area (Å²) in [5, 5.41) is 5.14. The Morgan fingerprint density at radius 1 is 0.964 bits per heavy atom. The first-order valence-electron chi connectivity index (χ1n) is 9.51. The second-order valence-corrected chi connectivity index (χ2v) is 8.10. The van der Waals surface area contributed by atoms with Gasteiger partial charge < -0.3 is 0 Å². The molecule has 0 bridgehead atoms. The molecule has 0 N–H and O–H groups in total. The van der Waals surface area contributed by atoms with Crippen molar-refractivity contribution >= 4 is 27.8 Å². The molecule has 4 aromatic rings. The number of aromatic nitrogens is 2. The molecular formula is C23H19N3OS. The van der Waals surface area contributed by atoms with E-state index in [2.05, 4.69) is 34.4 Å². The molecule has 0 unspecified atom stereocenters. The Morgan fingerprint density at radius 3 is 2.54 bits per heavy atom. The summed E-state index contributed by atoms with van der Waals surface area (Å²) < 4.78 is 1.36. The van der Waals surface area contributed by atoms with Crippen LogP contribution in [0.25, 0.3) is 21.3 Å². The average molecular weight is 385 g/mol. The maximum atomic E-state index is 12.9. The van der Waals surface area contributed by atoms with Crippen LogP contribution in [0.2, 0.25) is 0 Å². The van der Waals surface area contributed by atoms with Crippen molar-refractivity contribution in [1.29, 1.82) is 0 Å². The van der Waals surface area contributed by atoms with Crippen LogP contribution >= 0.6 is 11.3 Å². The molecular weight excluding hydrogens is 366 g/mol. The zero-order valence-corrected chi connectivity index (χ0v) is 16.2. The quantitative estimate of drug-likeness (QED) is 0.472. The molecule has 4 nitrogen and oxygen atoms in total. The minimum absolute atomic E-state index is 0.0680. The fourth-order valence-electron chi connectivity index (χ4n) is 3.74. The highest BCUT2D eigenvalue weighted by atomic mass is 32.1. The van der Waals surface area contributed by atoms with Gasteiger partial charge in [0.2, 0.25) is 0 Å². The van der Waals surface area contributed by atoms with Crippen molar-refractivity contribution in [3.05, 3.63) is 87.3 Å². The highest BCUT2D eigenvalue weighted by molar-refractivity contribution is 7.18. The van der Waals surface area contributed by atoms with Gasteiger partial charge in [0.1, 0.15) is 11.2 Å². The molecule has 1 aliphatic carbocycles. The minimum Gasteiger partial charge on any atom is -0.267 e. The van der Waals surface area contributed by atoms with Crippen LogP contribution in [0.5, 0.6) is 0 Å². The standard InChI is InChI=1S/C23H19N3OS/c27-23-21-19-8-4-5-9-20(19)28-22(21)24-15-26(23)25-14-16-10-12-18(13-11-16)17-6-2-1-3-7-17/h1-3,6-7,10-15H,4-5,8-9H2. The van der Waals surface area contributed by atoms with Crippen molar-refractivity contribution in [3.8, 4) is 11.1 Å². The lowest BCUT2D eigenvalue weighted by Gasteiger charge is -2.09. The monoisotopic (exact) mass is 385 g/mol. The van der Waals surface area contributed by atoms with Gasteiger partial charge in [-0.05, 0) is 47.9 Å². The maximum absolute atomic E-state index is 12.9. The molecule has 0 spiro atoms. The molecule has 0 fully saturated rings. The van der Waals surface area contributed by atoms with Crippen molar-refractivity contribution < 1.29 is 0 Å². The van der Waals surface area contributed by atoms with Crippen molar-refractivity contribution in [2.45, 2.75) is 25.7 Å². The van der Waals surface area contributed by atoms with E-state index in [-0.39, 0.29) is 5.56 Å². The molecule has 5 rings (SSSR count). The van der Waals surface area contributed by atoms with Crippen molar-refractivity contribution in [2.75, 3.05) is 0 Å². The molecule has 2 aromatic carbocycles. The SMILES string of the molecule is O=c1c2c3c(sc2ncn1N=Cc1ccc(-c2ccccc2)cc1)CCCC3. The van der Waals surface area contributed by atoms with E-state index >= 15 is 0 Å². The summed E-state index contributed by atoms with van der Waals surface area (Å²) in [6.07, 6.45) is 7.62. The van der Waals surface area contributed by atoms with E-state index in [4.69, 9.17) is 0 Å². The summed E-state index contributed by atoms with van der Waals surface area (Å²) in [5.41, 5.74) is 4.41. The highest BCUT2D eigenvalue weighted by Crippen LogP contribution is 2.33. The molecule has 0 radical (unpaired) electrons. The van der Waals surface area contributed by atoms with Crippen LogP contribution in [0.4, 0.5) is 0 Å². The van der Waals surface area contributed by atoms with E-state index in [0.717, 1.165) is 40.6 Å². The van der Waals surface area contributed by atoms with Gasteiger partial charge in [-0.15, -0.1) is 11.3 Å². The molecule has 0 atom stereocenters. The predicted molar refractivity (Wildman–Crippen MR) is 115 cm³/mol. The van der Waals surface area contributed by atoms with Crippen LogP contribution in [0.3, 0.4) is 0 Å². The third-order valence-electron chi connectivity index (χ3n) is 5.21. The third-order valence-corrected chi connectivity index (χ3v) is 6.41. The zero-order valence-electron chi connectivity index (χ0n) is 15.3. The van der Waals surface area contributed by atoms with Gasteiger partial charge >= 0.3 is 0 Å². The summed E-state index contributed by atoms with van der Waals surface area (Å²) in [5.74, 6) is 0. The molecule has 0 aliphatic heterocycles.